The van der Waals surface area contributed by atoms with Crippen molar-refractivity contribution < 1.29 is 4.79 Å². The molecule has 31 heavy (non-hydrogen) atoms. The number of aromatic nitrogens is 4. The highest BCUT2D eigenvalue weighted by molar-refractivity contribution is 5.94. The molecule has 0 radical (unpaired) electrons. The number of hydrogen-bond acceptors (Lipinski definition) is 5. The van der Waals surface area contributed by atoms with Gasteiger partial charge in [-0.3, -0.25) is 9.78 Å². The molecular weight excluding hydrogens is 388 g/mol. The van der Waals surface area contributed by atoms with E-state index in [1.807, 2.05) is 88.6 Å². The van der Waals surface area contributed by atoms with Gasteiger partial charge in [0.25, 0.3) is 5.91 Å². The van der Waals surface area contributed by atoms with Crippen molar-refractivity contribution in [2.24, 2.45) is 0 Å². The van der Waals surface area contributed by atoms with Crippen LogP contribution in [0.15, 0.2) is 85.3 Å². The molecule has 5 rings (SSSR count). The van der Waals surface area contributed by atoms with Crippen molar-refractivity contribution in [3.05, 3.63) is 90.9 Å². The Balaban J connectivity index is 1.20. The van der Waals surface area contributed by atoms with Crippen LogP contribution >= 0.6 is 0 Å². The molecule has 0 saturated carbocycles. The molecule has 1 aliphatic heterocycles. The number of hydrogen-bond donors (Lipinski definition) is 0. The van der Waals surface area contributed by atoms with Crippen molar-refractivity contribution in [1.29, 1.82) is 0 Å². The molecule has 0 spiro atoms. The van der Waals surface area contributed by atoms with Crippen molar-refractivity contribution in [3.8, 4) is 17.1 Å². The average molecular weight is 410 g/mol. The van der Waals surface area contributed by atoms with Gasteiger partial charge in [-0.05, 0) is 60.7 Å². The molecule has 0 unspecified atom stereocenters. The summed E-state index contributed by atoms with van der Waals surface area (Å²) in [5.41, 5.74) is 3.31. The third-order valence-electron chi connectivity index (χ3n) is 5.49. The SMILES string of the molecule is O=C(c1ccc(-n2cccc2)cc1)N1CCN(c2ccc(-c3ccccn3)nn2)CC1. The zero-order valence-electron chi connectivity index (χ0n) is 17.0. The summed E-state index contributed by atoms with van der Waals surface area (Å²) < 4.78 is 2.02. The summed E-state index contributed by atoms with van der Waals surface area (Å²) in [6.45, 7) is 2.76. The third-order valence-corrected chi connectivity index (χ3v) is 5.49. The van der Waals surface area contributed by atoms with Crippen LogP contribution in [-0.4, -0.2) is 56.7 Å². The number of amides is 1. The van der Waals surface area contributed by atoms with Gasteiger partial charge in [0.1, 0.15) is 5.69 Å². The first-order valence-electron chi connectivity index (χ1n) is 10.3. The Morgan fingerprint density at radius 1 is 0.742 bits per heavy atom. The van der Waals surface area contributed by atoms with Crippen LogP contribution in [0.25, 0.3) is 17.1 Å². The Kier molecular flexibility index (Phi) is 5.14. The molecule has 0 atom stereocenters. The molecule has 1 aromatic carbocycles. The molecule has 0 N–H and O–H groups in total. The number of carbonyl (C=O) groups is 1. The van der Waals surface area contributed by atoms with Crippen LogP contribution in [0.2, 0.25) is 0 Å². The van der Waals surface area contributed by atoms with E-state index in [0.717, 1.165) is 36.0 Å². The molecule has 1 fully saturated rings. The van der Waals surface area contributed by atoms with E-state index in [-0.39, 0.29) is 5.91 Å². The minimum absolute atomic E-state index is 0.0651. The predicted octanol–water partition coefficient (Wildman–Crippen LogP) is 3.29. The second-order valence-electron chi connectivity index (χ2n) is 7.41. The number of carbonyl (C=O) groups excluding carboxylic acids is 1. The largest absolute Gasteiger partial charge is 0.352 e. The highest BCUT2D eigenvalue weighted by Crippen LogP contribution is 2.19. The molecule has 4 heterocycles. The van der Waals surface area contributed by atoms with Crippen LogP contribution in [0.3, 0.4) is 0 Å². The van der Waals surface area contributed by atoms with Gasteiger partial charge in [0, 0.05) is 56.0 Å². The van der Waals surface area contributed by atoms with Crippen molar-refractivity contribution in [3.63, 3.8) is 0 Å². The Labute approximate surface area is 180 Å². The minimum atomic E-state index is 0.0651. The van der Waals surface area contributed by atoms with Crippen molar-refractivity contribution in [2.45, 2.75) is 0 Å². The highest BCUT2D eigenvalue weighted by atomic mass is 16.2. The van der Waals surface area contributed by atoms with E-state index in [4.69, 9.17) is 0 Å². The van der Waals surface area contributed by atoms with Gasteiger partial charge < -0.3 is 14.4 Å². The van der Waals surface area contributed by atoms with E-state index in [9.17, 15) is 4.79 Å². The van der Waals surface area contributed by atoms with E-state index >= 15 is 0 Å². The van der Waals surface area contributed by atoms with Gasteiger partial charge in [0.05, 0.1) is 5.69 Å². The maximum Gasteiger partial charge on any atom is 0.253 e. The number of rotatable bonds is 4. The van der Waals surface area contributed by atoms with Crippen LogP contribution in [0, 0.1) is 0 Å². The fourth-order valence-corrected chi connectivity index (χ4v) is 3.75. The summed E-state index contributed by atoms with van der Waals surface area (Å²) in [5.74, 6) is 0.887. The summed E-state index contributed by atoms with van der Waals surface area (Å²) in [4.78, 5) is 21.3. The monoisotopic (exact) mass is 410 g/mol. The lowest BCUT2D eigenvalue weighted by Crippen LogP contribution is -2.49. The standard InChI is InChI=1S/C24H22N6O/c31-24(19-6-8-20(9-7-19)28-13-3-4-14-28)30-17-15-29(16-18-30)23-11-10-22(26-27-23)21-5-1-2-12-25-21/h1-14H,15-18H2. The first kappa shape index (κ1) is 19.0. The average Bonchev–Trinajstić information content (AvgIpc) is 3.40. The van der Waals surface area contributed by atoms with Gasteiger partial charge in [0.2, 0.25) is 0 Å². The van der Waals surface area contributed by atoms with Gasteiger partial charge in [-0.25, -0.2) is 0 Å². The smallest absolute Gasteiger partial charge is 0.253 e. The Morgan fingerprint density at radius 3 is 2.16 bits per heavy atom. The van der Waals surface area contributed by atoms with Crippen LogP contribution in [0.1, 0.15) is 10.4 Å². The quantitative estimate of drug-likeness (QED) is 0.517. The van der Waals surface area contributed by atoms with Gasteiger partial charge in [0.15, 0.2) is 5.82 Å². The first-order valence-corrected chi connectivity index (χ1v) is 10.3. The summed E-state index contributed by atoms with van der Waals surface area (Å²) >= 11 is 0. The van der Waals surface area contributed by atoms with Crippen molar-refractivity contribution >= 4 is 11.7 Å². The van der Waals surface area contributed by atoms with E-state index in [0.29, 0.717) is 18.7 Å². The second kappa shape index (κ2) is 8.39. The molecule has 0 aliphatic carbocycles. The minimum Gasteiger partial charge on any atom is -0.352 e. The molecular formula is C24H22N6O. The third kappa shape index (κ3) is 4.02. The molecule has 4 aromatic rings. The van der Waals surface area contributed by atoms with Gasteiger partial charge in [-0.15, -0.1) is 10.2 Å². The lowest BCUT2D eigenvalue weighted by Gasteiger charge is -2.35. The molecule has 1 saturated heterocycles. The number of pyridine rings is 1. The summed E-state index contributed by atoms with van der Waals surface area (Å²) in [6, 6.07) is 21.3. The number of nitrogens with zero attached hydrogens (tertiary/aromatic N) is 6. The van der Waals surface area contributed by atoms with Gasteiger partial charge in [-0.1, -0.05) is 6.07 Å². The van der Waals surface area contributed by atoms with Crippen LogP contribution < -0.4 is 4.90 Å². The second-order valence-corrected chi connectivity index (χ2v) is 7.41. The number of benzene rings is 1. The lowest BCUT2D eigenvalue weighted by molar-refractivity contribution is 0.0746. The molecule has 154 valence electrons. The van der Waals surface area contributed by atoms with E-state index in [1.165, 1.54) is 0 Å². The first-order chi connectivity index (χ1) is 15.3. The molecule has 1 amide bonds. The zero-order valence-corrected chi connectivity index (χ0v) is 17.0. The fraction of sp³-hybridized carbons (Fsp3) is 0.167. The number of piperazine rings is 1. The van der Waals surface area contributed by atoms with E-state index in [2.05, 4.69) is 20.1 Å². The predicted molar refractivity (Wildman–Crippen MR) is 119 cm³/mol. The Bertz CT molecular complexity index is 1130. The van der Waals surface area contributed by atoms with E-state index < -0.39 is 0 Å². The van der Waals surface area contributed by atoms with Crippen LogP contribution in [0.4, 0.5) is 5.82 Å². The zero-order chi connectivity index (χ0) is 21.0. The summed E-state index contributed by atoms with van der Waals surface area (Å²) in [6.07, 6.45) is 5.72. The topological polar surface area (TPSA) is 67.2 Å². The summed E-state index contributed by atoms with van der Waals surface area (Å²) in [5, 5.41) is 8.69. The molecule has 1 aliphatic rings. The van der Waals surface area contributed by atoms with Gasteiger partial charge >= 0.3 is 0 Å². The maximum atomic E-state index is 12.9. The van der Waals surface area contributed by atoms with Crippen molar-refractivity contribution in [2.75, 3.05) is 31.1 Å². The highest BCUT2D eigenvalue weighted by Gasteiger charge is 2.23. The molecule has 3 aromatic heterocycles. The van der Waals surface area contributed by atoms with Gasteiger partial charge in [-0.2, -0.15) is 0 Å². The van der Waals surface area contributed by atoms with E-state index in [1.54, 1.807) is 6.20 Å². The number of anilines is 1. The molecule has 0 bridgehead atoms. The van der Waals surface area contributed by atoms with Crippen LogP contribution in [-0.2, 0) is 0 Å². The van der Waals surface area contributed by atoms with Crippen LogP contribution in [0.5, 0.6) is 0 Å². The Hall–Kier alpha value is -4.00. The maximum absolute atomic E-state index is 12.9. The molecule has 7 heteroatoms. The fourth-order valence-electron chi connectivity index (χ4n) is 3.75. The Morgan fingerprint density at radius 2 is 1.52 bits per heavy atom. The summed E-state index contributed by atoms with van der Waals surface area (Å²) in [7, 11) is 0. The lowest BCUT2D eigenvalue weighted by atomic mass is 10.1. The molecule has 7 nitrogen and oxygen atoms in total. The van der Waals surface area contributed by atoms with Crippen molar-refractivity contribution in [1.82, 2.24) is 24.6 Å². The normalized spacial score (nSPS) is 13.9.